The van der Waals surface area contributed by atoms with Crippen molar-refractivity contribution in [2.75, 3.05) is 12.5 Å². The number of aromatic nitrogens is 2. The fourth-order valence-electron chi connectivity index (χ4n) is 2.91. The Hall–Kier alpha value is -3.16. The summed E-state index contributed by atoms with van der Waals surface area (Å²) in [6, 6.07) is 10.9. The minimum atomic E-state index is -4.56. The number of rotatable bonds is 2. The van der Waals surface area contributed by atoms with Gasteiger partial charge in [0.15, 0.2) is 17.2 Å². The lowest BCUT2D eigenvalue weighted by Gasteiger charge is -2.11. The Labute approximate surface area is 146 Å². The predicted octanol–water partition coefficient (Wildman–Crippen LogP) is 4.18. The van der Waals surface area contributed by atoms with Gasteiger partial charge in [0, 0.05) is 16.8 Å². The summed E-state index contributed by atoms with van der Waals surface area (Å²) in [7, 11) is 0. The smallest absolute Gasteiger partial charge is 0.435 e. The van der Waals surface area contributed by atoms with E-state index in [1.165, 1.54) is 4.68 Å². The lowest BCUT2D eigenvalue weighted by molar-refractivity contribution is -0.141. The van der Waals surface area contributed by atoms with Gasteiger partial charge in [-0.3, -0.25) is 0 Å². The van der Waals surface area contributed by atoms with Crippen molar-refractivity contribution < 1.29 is 22.6 Å². The number of halogens is 3. The fourth-order valence-corrected chi connectivity index (χ4v) is 2.91. The zero-order valence-corrected chi connectivity index (χ0v) is 13.7. The molecule has 0 radical (unpaired) electrons. The van der Waals surface area contributed by atoms with Crippen molar-refractivity contribution in [3.8, 4) is 28.4 Å². The van der Waals surface area contributed by atoms with Crippen LogP contribution in [0.3, 0.4) is 0 Å². The van der Waals surface area contributed by atoms with E-state index in [4.69, 9.17) is 15.2 Å². The van der Waals surface area contributed by atoms with Gasteiger partial charge in [-0.2, -0.15) is 18.3 Å². The number of nitrogen functional groups attached to an aromatic ring is 1. The van der Waals surface area contributed by atoms with Crippen molar-refractivity contribution in [2.45, 2.75) is 13.1 Å². The van der Waals surface area contributed by atoms with Crippen molar-refractivity contribution >= 4 is 5.69 Å². The SMILES string of the molecule is Cc1c(-c2cc(C(F)(F)F)nn2-c2ccc(N)cc2)ccc2c1OCO2. The quantitative estimate of drug-likeness (QED) is 0.696. The fraction of sp³-hybridized carbons (Fsp3) is 0.167. The van der Waals surface area contributed by atoms with E-state index in [1.54, 1.807) is 43.3 Å². The van der Waals surface area contributed by atoms with Gasteiger partial charge in [-0.05, 0) is 49.4 Å². The topological polar surface area (TPSA) is 62.3 Å². The van der Waals surface area contributed by atoms with Crippen LogP contribution in [0.1, 0.15) is 11.3 Å². The second-order valence-corrected chi connectivity index (χ2v) is 5.89. The van der Waals surface area contributed by atoms with Crippen LogP contribution in [0.4, 0.5) is 18.9 Å². The number of ether oxygens (including phenoxy) is 2. The molecule has 3 aromatic rings. The summed E-state index contributed by atoms with van der Waals surface area (Å²) in [6.07, 6.45) is -4.56. The van der Waals surface area contributed by atoms with Crippen molar-refractivity contribution in [2.24, 2.45) is 0 Å². The number of hydrogen-bond acceptors (Lipinski definition) is 4. The number of fused-ring (bicyclic) bond motifs is 1. The molecular weight excluding hydrogens is 347 g/mol. The molecule has 0 atom stereocenters. The zero-order chi connectivity index (χ0) is 18.5. The minimum absolute atomic E-state index is 0.0879. The molecule has 134 valence electrons. The van der Waals surface area contributed by atoms with Crippen LogP contribution in [-0.2, 0) is 6.18 Å². The van der Waals surface area contributed by atoms with Crippen LogP contribution in [0.2, 0.25) is 0 Å². The molecule has 0 saturated heterocycles. The second-order valence-electron chi connectivity index (χ2n) is 5.89. The highest BCUT2D eigenvalue weighted by atomic mass is 19.4. The van der Waals surface area contributed by atoms with Crippen LogP contribution >= 0.6 is 0 Å². The summed E-state index contributed by atoms with van der Waals surface area (Å²) >= 11 is 0. The first kappa shape index (κ1) is 16.3. The molecular formula is C18H14F3N3O2. The van der Waals surface area contributed by atoms with E-state index in [2.05, 4.69) is 5.10 Å². The molecule has 1 aromatic heterocycles. The third kappa shape index (κ3) is 2.63. The summed E-state index contributed by atoms with van der Waals surface area (Å²) in [4.78, 5) is 0. The molecule has 0 amide bonds. The Kier molecular flexibility index (Phi) is 3.57. The van der Waals surface area contributed by atoms with Crippen LogP contribution in [0.15, 0.2) is 42.5 Å². The largest absolute Gasteiger partial charge is 0.454 e. The third-order valence-electron chi connectivity index (χ3n) is 4.20. The standard InChI is InChI=1S/C18H14F3N3O2/c1-10-13(6-7-15-17(10)26-9-25-15)14-8-16(18(19,20)21)23-24(14)12-4-2-11(22)3-5-12/h2-8H,9,22H2,1H3. The molecule has 2 N–H and O–H groups in total. The van der Waals surface area contributed by atoms with Gasteiger partial charge in [0.2, 0.25) is 6.79 Å². The third-order valence-corrected chi connectivity index (χ3v) is 4.20. The number of anilines is 1. The van der Waals surface area contributed by atoms with Crippen LogP contribution in [0, 0.1) is 6.92 Å². The van der Waals surface area contributed by atoms with Gasteiger partial charge in [-0.1, -0.05) is 0 Å². The number of alkyl halides is 3. The molecule has 8 heteroatoms. The van der Waals surface area contributed by atoms with Crippen LogP contribution in [0.5, 0.6) is 11.5 Å². The van der Waals surface area contributed by atoms with Gasteiger partial charge < -0.3 is 15.2 Å². The molecule has 1 aliphatic rings. The first-order valence-corrected chi connectivity index (χ1v) is 7.77. The summed E-state index contributed by atoms with van der Waals surface area (Å²) < 4.78 is 51.8. The Morgan fingerprint density at radius 2 is 1.81 bits per heavy atom. The van der Waals surface area contributed by atoms with E-state index in [9.17, 15) is 13.2 Å². The van der Waals surface area contributed by atoms with Crippen LogP contribution in [-0.4, -0.2) is 16.6 Å². The van der Waals surface area contributed by atoms with Gasteiger partial charge in [0.25, 0.3) is 0 Å². The predicted molar refractivity (Wildman–Crippen MR) is 89.3 cm³/mol. The number of nitrogens with two attached hydrogens (primary N) is 1. The Morgan fingerprint density at radius 3 is 2.50 bits per heavy atom. The first-order chi connectivity index (χ1) is 12.3. The summed E-state index contributed by atoms with van der Waals surface area (Å²) in [5.74, 6) is 1.10. The minimum Gasteiger partial charge on any atom is -0.454 e. The van der Waals surface area contributed by atoms with Gasteiger partial charge in [-0.25, -0.2) is 4.68 Å². The lowest BCUT2D eigenvalue weighted by atomic mass is 10.0. The monoisotopic (exact) mass is 361 g/mol. The van der Waals surface area contributed by atoms with Gasteiger partial charge in [0.05, 0.1) is 11.4 Å². The highest BCUT2D eigenvalue weighted by Crippen LogP contribution is 2.42. The second kappa shape index (κ2) is 5.69. The molecule has 1 aliphatic heterocycles. The summed E-state index contributed by atoms with van der Waals surface area (Å²) in [6.45, 7) is 1.86. The molecule has 5 nitrogen and oxygen atoms in total. The zero-order valence-electron chi connectivity index (χ0n) is 13.7. The molecule has 0 aliphatic carbocycles. The normalized spacial score (nSPS) is 13.2. The molecule has 0 saturated carbocycles. The Bertz CT molecular complexity index is 979. The maximum absolute atomic E-state index is 13.3. The van der Waals surface area contributed by atoms with Crippen molar-refractivity contribution in [1.29, 1.82) is 0 Å². The van der Waals surface area contributed by atoms with Crippen molar-refractivity contribution in [1.82, 2.24) is 9.78 Å². The average Bonchev–Trinajstić information content (AvgIpc) is 3.22. The van der Waals surface area contributed by atoms with E-state index >= 15 is 0 Å². The van der Waals surface area contributed by atoms with E-state index in [0.29, 0.717) is 39.7 Å². The van der Waals surface area contributed by atoms with Crippen molar-refractivity contribution in [3.63, 3.8) is 0 Å². The molecule has 26 heavy (non-hydrogen) atoms. The molecule has 2 aromatic carbocycles. The highest BCUT2D eigenvalue weighted by molar-refractivity contribution is 5.72. The average molecular weight is 361 g/mol. The Balaban J connectivity index is 1.93. The Morgan fingerprint density at radius 1 is 1.08 bits per heavy atom. The van der Waals surface area contributed by atoms with Crippen molar-refractivity contribution in [3.05, 3.63) is 53.7 Å². The summed E-state index contributed by atoms with van der Waals surface area (Å²) in [5, 5.41) is 3.77. The van der Waals surface area contributed by atoms with Gasteiger partial charge in [0.1, 0.15) is 0 Å². The van der Waals surface area contributed by atoms with Crippen LogP contribution in [0.25, 0.3) is 16.9 Å². The van der Waals surface area contributed by atoms with E-state index in [0.717, 1.165) is 6.07 Å². The van der Waals surface area contributed by atoms with Crippen LogP contribution < -0.4 is 15.2 Å². The molecule has 0 bridgehead atoms. The molecule has 0 fully saturated rings. The summed E-state index contributed by atoms with van der Waals surface area (Å²) in [5.41, 5.74) is 7.26. The molecule has 2 heterocycles. The molecule has 4 rings (SSSR count). The molecule has 0 unspecified atom stereocenters. The molecule has 0 spiro atoms. The number of nitrogens with zero attached hydrogens (tertiary/aromatic N) is 2. The van der Waals surface area contributed by atoms with E-state index in [-0.39, 0.29) is 6.79 Å². The number of hydrogen-bond donors (Lipinski definition) is 1. The first-order valence-electron chi connectivity index (χ1n) is 7.77. The lowest BCUT2D eigenvalue weighted by Crippen LogP contribution is -2.07. The van der Waals surface area contributed by atoms with E-state index < -0.39 is 11.9 Å². The maximum atomic E-state index is 13.3. The highest BCUT2D eigenvalue weighted by Gasteiger charge is 2.35. The van der Waals surface area contributed by atoms with Gasteiger partial charge >= 0.3 is 6.18 Å². The maximum Gasteiger partial charge on any atom is 0.435 e. The number of benzene rings is 2. The van der Waals surface area contributed by atoms with Gasteiger partial charge in [-0.15, -0.1) is 0 Å². The van der Waals surface area contributed by atoms with E-state index in [1.807, 2.05) is 0 Å².